The smallest absolute Gasteiger partial charge is 0.0314 e. The number of hydrogen-bond acceptors (Lipinski definition) is 2. The van der Waals surface area contributed by atoms with Gasteiger partial charge in [-0.05, 0) is 60.9 Å². The lowest BCUT2D eigenvalue weighted by atomic mass is 10.2. The molecule has 0 unspecified atom stereocenters. The predicted octanol–water partition coefficient (Wildman–Crippen LogP) is 3.00. The van der Waals surface area contributed by atoms with Gasteiger partial charge in [0.15, 0.2) is 0 Å². The number of nitrogens with zero attached hydrogens (tertiary/aromatic N) is 1. The summed E-state index contributed by atoms with van der Waals surface area (Å²) in [4.78, 5) is 3.69. The van der Waals surface area contributed by atoms with Crippen LogP contribution in [0.4, 0.5) is 0 Å². The fourth-order valence-electron chi connectivity index (χ4n) is 1.06. The van der Waals surface area contributed by atoms with Gasteiger partial charge in [-0.25, -0.2) is 0 Å². The van der Waals surface area contributed by atoms with E-state index < -0.39 is 0 Å². The van der Waals surface area contributed by atoms with Gasteiger partial charge >= 0.3 is 0 Å². The molecule has 1 rings (SSSR count). The number of rotatable bonds is 4. The average molecular weight is 248 g/mol. The standard InChI is InChI=1S/C9H14BrNS/c1-11(2)6-3-4-9-8(10)5-7-12-9/h5,7H,3-4,6H2,1-2H3. The van der Waals surface area contributed by atoms with Gasteiger partial charge in [0.25, 0.3) is 0 Å². The summed E-state index contributed by atoms with van der Waals surface area (Å²) in [5.74, 6) is 0. The molecule has 1 aromatic heterocycles. The van der Waals surface area contributed by atoms with Crippen molar-refractivity contribution in [1.82, 2.24) is 4.90 Å². The van der Waals surface area contributed by atoms with E-state index in [9.17, 15) is 0 Å². The molecule has 0 spiro atoms. The zero-order chi connectivity index (χ0) is 8.97. The van der Waals surface area contributed by atoms with Gasteiger partial charge in [-0.2, -0.15) is 0 Å². The summed E-state index contributed by atoms with van der Waals surface area (Å²) in [5, 5.41) is 2.13. The van der Waals surface area contributed by atoms with Gasteiger partial charge in [-0.1, -0.05) is 0 Å². The monoisotopic (exact) mass is 247 g/mol. The normalized spacial score (nSPS) is 11.0. The summed E-state index contributed by atoms with van der Waals surface area (Å²) >= 11 is 5.37. The van der Waals surface area contributed by atoms with Crippen LogP contribution in [0.5, 0.6) is 0 Å². The van der Waals surface area contributed by atoms with E-state index in [1.807, 2.05) is 11.3 Å². The molecule has 3 heteroatoms. The van der Waals surface area contributed by atoms with E-state index in [1.165, 1.54) is 28.7 Å². The first-order valence-corrected chi connectivity index (χ1v) is 5.74. The summed E-state index contributed by atoms with van der Waals surface area (Å²) in [5.41, 5.74) is 0. The zero-order valence-electron chi connectivity index (χ0n) is 7.51. The van der Waals surface area contributed by atoms with Crippen molar-refractivity contribution in [3.8, 4) is 0 Å². The Morgan fingerprint density at radius 2 is 2.25 bits per heavy atom. The van der Waals surface area contributed by atoms with Crippen LogP contribution in [0.2, 0.25) is 0 Å². The van der Waals surface area contributed by atoms with Crippen LogP contribution in [0.15, 0.2) is 15.9 Å². The molecule has 0 saturated carbocycles. The minimum atomic E-state index is 1.17. The second-order valence-electron chi connectivity index (χ2n) is 3.10. The molecule has 1 aromatic rings. The Hall–Kier alpha value is 0.140. The van der Waals surface area contributed by atoms with Crippen molar-refractivity contribution in [1.29, 1.82) is 0 Å². The van der Waals surface area contributed by atoms with Gasteiger partial charge in [-0.15, -0.1) is 11.3 Å². The van der Waals surface area contributed by atoms with Crippen molar-refractivity contribution >= 4 is 27.3 Å². The predicted molar refractivity (Wildman–Crippen MR) is 58.9 cm³/mol. The van der Waals surface area contributed by atoms with Crippen LogP contribution in [-0.2, 0) is 6.42 Å². The second-order valence-corrected chi connectivity index (χ2v) is 4.95. The maximum Gasteiger partial charge on any atom is 0.0314 e. The van der Waals surface area contributed by atoms with Gasteiger partial charge < -0.3 is 4.90 Å². The molecule has 1 nitrogen and oxygen atoms in total. The van der Waals surface area contributed by atoms with Gasteiger partial charge in [0.05, 0.1) is 0 Å². The zero-order valence-corrected chi connectivity index (χ0v) is 9.91. The topological polar surface area (TPSA) is 3.24 Å². The maximum atomic E-state index is 3.53. The Balaban J connectivity index is 2.29. The molecule has 0 fully saturated rings. The first-order chi connectivity index (χ1) is 5.70. The molecule has 0 atom stereocenters. The maximum absolute atomic E-state index is 3.53. The van der Waals surface area contributed by atoms with Crippen LogP contribution >= 0.6 is 27.3 Å². The molecule has 0 bridgehead atoms. The molecule has 0 aliphatic rings. The van der Waals surface area contributed by atoms with E-state index in [0.29, 0.717) is 0 Å². The summed E-state index contributed by atoms with van der Waals surface area (Å²) < 4.78 is 1.27. The van der Waals surface area contributed by atoms with Crippen molar-refractivity contribution in [2.24, 2.45) is 0 Å². The lowest BCUT2D eigenvalue weighted by Gasteiger charge is -2.07. The van der Waals surface area contributed by atoms with Gasteiger partial charge in [0.1, 0.15) is 0 Å². The SMILES string of the molecule is CN(C)CCCc1sccc1Br. The van der Waals surface area contributed by atoms with Crippen molar-refractivity contribution in [2.45, 2.75) is 12.8 Å². The quantitative estimate of drug-likeness (QED) is 0.791. The Morgan fingerprint density at radius 3 is 2.75 bits per heavy atom. The van der Waals surface area contributed by atoms with Crippen LogP contribution < -0.4 is 0 Å². The molecule has 0 saturated heterocycles. The third-order valence-electron chi connectivity index (χ3n) is 1.70. The number of aryl methyl sites for hydroxylation is 1. The minimum absolute atomic E-state index is 1.17. The van der Waals surface area contributed by atoms with E-state index in [2.05, 4.69) is 46.4 Å². The first kappa shape index (κ1) is 10.2. The molecule has 0 aliphatic heterocycles. The molecule has 0 aliphatic carbocycles. The van der Waals surface area contributed by atoms with E-state index in [-0.39, 0.29) is 0 Å². The molecule has 0 amide bonds. The molecule has 1 heterocycles. The summed E-state index contributed by atoms with van der Waals surface area (Å²) in [6, 6.07) is 2.12. The molecule has 0 aromatic carbocycles. The van der Waals surface area contributed by atoms with Crippen molar-refractivity contribution in [3.63, 3.8) is 0 Å². The van der Waals surface area contributed by atoms with Crippen molar-refractivity contribution < 1.29 is 0 Å². The van der Waals surface area contributed by atoms with E-state index >= 15 is 0 Å². The van der Waals surface area contributed by atoms with Crippen LogP contribution in [0.25, 0.3) is 0 Å². The highest BCUT2D eigenvalue weighted by Crippen LogP contribution is 2.23. The van der Waals surface area contributed by atoms with Crippen LogP contribution in [0, 0.1) is 0 Å². The number of hydrogen-bond donors (Lipinski definition) is 0. The van der Waals surface area contributed by atoms with E-state index in [4.69, 9.17) is 0 Å². The van der Waals surface area contributed by atoms with Gasteiger partial charge in [-0.3, -0.25) is 0 Å². The van der Waals surface area contributed by atoms with Crippen LogP contribution in [-0.4, -0.2) is 25.5 Å². The van der Waals surface area contributed by atoms with E-state index in [1.54, 1.807) is 0 Å². The third-order valence-corrected chi connectivity index (χ3v) is 3.69. The fraction of sp³-hybridized carbons (Fsp3) is 0.556. The fourth-order valence-corrected chi connectivity index (χ4v) is 2.66. The van der Waals surface area contributed by atoms with E-state index in [0.717, 1.165) is 0 Å². The first-order valence-electron chi connectivity index (χ1n) is 4.07. The van der Waals surface area contributed by atoms with Crippen LogP contribution in [0.1, 0.15) is 11.3 Å². The molecular formula is C9H14BrNS. The largest absolute Gasteiger partial charge is 0.309 e. The van der Waals surface area contributed by atoms with Crippen LogP contribution in [0.3, 0.4) is 0 Å². The summed E-state index contributed by atoms with van der Waals surface area (Å²) in [6.07, 6.45) is 2.43. The Labute approximate surface area is 86.5 Å². The highest BCUT2D eigenvalue weighted by atomic mass is 79.9. The lowest BCUT2D eigenvalue weighted by Crippen LogP contribution is -2.13. The lowest BCUT2D eigenvalue weighted by molar-refractivity contribution is 0.401. The van der Waals surface area contributed by atoms with Crippen molar-refractivity contribution in [3.05, 3.63) is 20.8 Å². The summed E-state index contributed by atoms with van der Waals surface area (Å²) in [7, 11) is 4.23. The molecular weight excluding hydrogens is 234 g/mol. The Kier molecular flexibility index (Phi) is 4.26. The Morgan fingerprint density at radius 1 is 1.50 bits per heavy atom. The molecule has 0 radical (unpaired) electrons. The number of thiophene rings is 1. The number of halogens is 1. The highest BCUT2D eigenvalue weighted by Gasteiger charge is 2.00. The highest BCUT2D eigenvalue weighted by molar-refractivity contribution is 9.10. The Bertz CT molecular complexity index is 232. The average Bonchev–Trinajstić information content (AvgIpc) is 2.36. The van der Waals surface area contributed by atoms with Gasteiger partial charge in [0.2, 0.25) is 0 Å². The minimum Gasteiger partial charge on any atom is -0.309 e. The third kappa shape index (κ3) is 3.25. The summed E-state index contributed by atoms with van der Waals surface area (Å²) in [6.45, 7) is 1.17. The molecule has 12 heavy (non-hydrogen) atoms. The molecule has 68 valence electrons. The molecule has 0 N–H and O–H groups in total. The van der Waals surface area contributed by atoms with Gasteiger partial charge in [0, 0.05) is 9.35 Å². The van der Waals surface area contributed by atoms with Crippen molar-refractivity contribution in [2.75, 3.05) is 20.6 Å². The second kappa shape index (κ2) is 5.00.